The van der Waals surface area contributed by atoms with Crippen LogP contribution in [0.4, 0.5) is 0 Å². The fourth-order valence-electron chi connectivity index (χ4n) is 2.54. The summed E-state index contributed by atoms with van der Waals surface area (Å²) in [5.41, 5.74) is 4.73. The van der Waals surface area contributed by atoms with E-state index in [9.17, 15) is 0 Å². The van der Waals surface area contributed by atoms with Gasteiger partial charge >= 0.3 is 0 Å². The number of nitrogens with zero attached hydrogens (tertiary/aromatic N) is 3. The second-order valence-corrected chi connectivity index (χ2v) is 5.94. The first-order chi connectivity index (χ1) is 11.0. The van der Waals surface area contributed by atoms with Gasteiger partial charge in [0, 0.05) is 37.9 Å². The molecule has 0 saturated carbocycles. The zero-order valence-electron chi connectivity index (χ0n) is 14.6. The quantitative estimate of drug-likeness (QED) is 0.408. The van der Waals surface area contributed by atoms with Crippen LogP contribution in [0.1, 0.15) is 22.5 Å². The van der Waals surface area contributed by atoms with Crippen molar-refractivity contribution in [2.24, 2.45) is 12.0 Å². The molecule has 2 N–H and O–H groups in total. The molecule has 0 unspecified atom stereocenters. The highest BCUT2D eigenvalue weighted by Crippen LogP contribution is 2.12. The molecule has 24 heavy (non-hydrogen) atoms. The van der Waals surface area contributed by atoms with Crippen molar-refractivity contribution in [1.82, 2.24) is 20.4 Å². The van der Waals surface area contributed by atoms with Gasteiger partial charge in [-0.05, 0) is 43.5 Å². The van der Waals surface area contributed by atoms with Crippen molar-refractivity contribution in [1.29, 1.82) is 0 Å². The lowest BCUT2D eigenvalue weighted by Gasteiger charge is -2.12. The summed E-state index contributed by atoms with van der Waals surface area (Å²) >= 11 is 6.00. The van der Waals surface area contributed by atoms with E-state index in [2.05, 4.69) is 34.6 Å². The maximum absolute atomic E-state index is 6.00. The largest absolute Gasteiger partial charge is 0.356 e. The molecule has 5 nitrogen and oxygen atoms in total. The zero-order valence-corrected chi connectivity index (χ0v) is 17.6. The minimum absolute atomic E-state index is 0. The van der Waals surface area contributed by atoms with Crippen LogP contribution in [-0.4, -0.2) is 29.3 Å². The van der Waals surface area contributed by atoms with Gasteiger partial charge in [0.05, 0.1) is 5.69 Å². The summed E-state index contributed by atoms with van der Waals surface area (Å²) in [7, 11) is 3.75. The van der Waals surface area contributed by atoms with Crippen molar-refractivity contribution in [3.8, 4) is 0 Å². The highest BCUT2D eigenvalue weighted by atomic mass is 127. The molecule has 0 spiro atoms. The van der Waals surface area contributed by atoms with E-state index in [1.165, 1.54) is 11.3 Å². The molecule has 132 valence electrons. The fourth-order valence-corrected chi connectivity index (χ4v) is 2.75. The molecule has 1 heterocycles. The Bertz CT molecular complexity index is 696. The van der Waals surface area contributed by atoms with Crippen molar-refractivity contribution >= 4 is 41.5 Å². The van der Waals surface area contributed by atoms with Gasteiger partial charge in [0.2, 0.25) is 0 Å². The summed E-state index contributed by atoms with van der Waals surface area (Å²) in [4.78, 5) is 4.25. The van der Waals surface area contributed by atoms with Crippen LogP contribution in [0, 0.1) is 13.8 Å². The lowest BCUT2D eigenvalue weighted by Crippen LogP contribution is -2.37. The van der Waals surface area contributed by atoms with E-state index in [0.717, 1.165) is 35.2 Å². The number of aryl methyl sites for hydroxylation is 2. The first-order valence-corrected chi connectivity index (χ1v) is 8.07. The Morgan fingerprint density at radius 1 is 1.29 bits per heavy atom. The van der Waals surface area contributed by atoms with Crippen LogP contribution >= 0.6 is 35.6 Å². The predicted octanol–water partition coefficient (Wildman–Crippen LogP) is 3.22. The maximum Gasteiger partial charge on any atom is 0.191 e. The number of benzene rings is 1. The number of nitrogens with one attached hydrogen (secondary N) is 2. The SMILES string of the molecule is CN=C(NCCc1c(C)nn(C)c1C)NCc1cccc(Cl)c1.I. The Morgan fingerprint density at radius 3 is 2.62 bits per heavy atom. The zero-order chi connectivity index (χ0) is 16.8. The fraction of sp³-hybridized carbons (Fsp3) is 0.412. The molecule has 2 rings (SSSR count). The van der Waals surface area contributed by atoms with Gasteiger partial charge in [-0.25, -0.2) is 0 Å². The molecule has 1 aromatic heterocycles. The predicted molar refractivity (Wildman–Crippen MR) is 111 cm³/mol. The molecule has 0 saturated heterocycles. The number of hydrogen-bond acceptors (Lipinski definition) is 2. The summed E-state index contributed by atoms with van der Waals surface area (Å²) in [5.74, 6) is 0.782. The third-order valence-electron chi connectivity index (χ3n) is 3.90. The van der Waals surface area contributed by atoms with Crippen LogP contribution in [0.25, 0.3) is 0 Å². The molecule has 0 amide bonds. The summed E-state index contributed by atoms with van der Waals surface area (Å²) < 4.78 is 1.93. The Hall–Kier alpha value is -1.28. The standard InChI is InChI=1S/C17H24ClN5.HI/c1-12-16(13(2)23(4)22-12)8-9-20-17(19-3)21-11-14-6-5-7-15(18)10-14;/h5-7,10H,8-9,11H2,1-4H3,(H2,19,20,21);1H. The van der Waals surface area contributed by atoms with Crippen molar-refractivity contribution in [3.05, 3.63) is 51.8 Å². The van der Waals surface area contributed by atoms with E-state index in [0.29, 0.717) is 6.54 Å². The minimum atomic E-state index is 0. The Balaban J connectivity index is 0.00000288. The molecule has 0 fully saturated rings. The van der Waals surface area contributed by atoms with Crippen molar-refractivity contribution in [3.63, 3.8) is 0 Å². The van der Waals surface area contributed by atoms with E-state index in [1.54, 1.807) is 7.05 Å². The van der Waals surface area contributed by atoms with Crippen LogP contribution in [0.2, 0.25) is 5.02 Å². The molecule has 7 heteroatoms. The number of aliphatic imine (C=N–C) groups is 1. The smallest absolute Gasteiger partial charge is 0.191 e. The van der Waals surface area contributed by atoms with Crippen LogP contribution in [0.3, 0.4) is 0 Å². The third kappa shape index (κ3) is 5.66. The Morgan fingerprint density at radius 2 is 2.04 bits per heavy atom. The molecule has 0 atom stereocenters. The van der Waals surface area contributed by atoms with Gasteiger partial charge in [0.15, 0.2) is 5.96 Å². The molecule has 0 aliphatic carbocycles. The van der Waals surface area contributed by atoms with Gasteiger partial charge in [-0.2, -0.15) is 5.10 Å². The van der Waals surface area contributed by atoms with Gasteiger partial charge in [-0.1, -0.05) is 23.7 Å². The summed E-state index contributed by atoms with van der Waals surface area (Å²) in [6.07, 6.45) is 0.920. The first-order valence-electron chi connectivity index (χ1n) is 7.69. The molecule has 0 aliphatic heterocycles. The second-order valence-electron chi connectivity index (χ2n) is 5.51. The number of aromatic nitrogens is 2. The summed E-state index contributed by atoms with van der Waals surface area (Å²) in [5, 5.41) is 11.8. The molecule has 2 aromatic rings. The molecule has 0 bridgehead atoms. The van der Waals surface area contributed by atoms with Gasteiger partial charge in [0.25, 0.3) is 0 Å². The van der Waals surface area contributed by atoms with Crippen LogP contribution in [0.5, 0.6) is 0 Å². The van der Waals surface area contributed by atoms with E-state index in [4.69, 9.17) is 11.6 Å². The van der Waals surface area contributed by atoms with E-state index in [1.807, 2.05) is 36.0 Å². The molecule has 1 aromatic carbocycles. The normalized spacial score (nSPS) is 11.1. The Labute approximate surface area is 165 Å². The summed E-state index contributed by atoms with van der Waals surface area (Å²) in [6, 6.07) is 7.80. The molecule has 0 aliphatic rings. The highest BCUT2D eigenvalue weighted by molar-refractivity contribution is 14.0. The number of rotatable bonds is 5. The number of hydrogen-bond donors (Lipinski definition) is 2. The average Bonchev–Trinajstić information content (AvgIpc) is 2.76. The monoisotopic (exact) mass is 461 g/mol. The van der Waals surface area contributed by atoms with Gasteiger partial charge in [-0.3, -0.25) is 9.67 Å². The van der Waals surface area contributed by atoms with Crippen molar-refractivity contribution in [2.45, 2.75) is 26.8 Å². The third-order valence-corrected chi connectivity index (χ3v) is 4.13. The van der Waals surface area contributed by atoms with Crippen LogP contribution in [0.15, 0.2) is 29.3 Å². The molecular weight excluding hydrogens is 437 g/mol. The van der Waals surface area contributed by atoms with Gasteiger partial charge in [-0.15, -0.1) is 24.0 Å². The van der Waals surface area contributed by atoms with Crippen molar-refractivity contribution in [2.75, 3.05) is 13.6 Å². The molecule has 0 radical (unpaired) electrons. The van der Waals surface area contributed by atoms with E-state index in [-0.39, 0.29) is 24.0 Å². The average molecular weight is 462 g/mol. The second kappa shape index (κ2) is 9.88. The Kier molecular flexibility index (Phi) is 8.55. The maximum atomic E-state index is 6.00. The van der Waals surface area contributed by atoms with Gasteiger partial charge < -0.3 is 10.6 Å². The van der Waals surface area contributed by atoms with E-state index >= 15 is 0 Å². The number of halogens is 2. The minimum Gasteiger partial charge on any atom is -0.356 e. The van der Waals surface area contributed by atoms with Crippen LogP contribution < -0.4 is 10.6 Å². The van der Waals surface area contributed by atoms with E-state index < -0.39 is 0 Å². The van der Waals surface area contributed by atoms with Crippen molar-refractivity contribution < 1.29 is 0 Å². The number of guanidine groups is 1. The van der Waals surface area contributed by atoms with Gasteiger partial charge in [0.1, 0.15) is 0 Å². The lowest BCUT2D eigenvalue weighted by atomic mass is 10.1. The highest BCUT2D eigenvalue weighted by Gasteiger charge is 2.09. The first kappa shape index (κ1) is 20.8. The topological polar surface area (TPSA) is 54.2 Å². The summed E-state index contributed by atoms with van der Waals surface area (Å²) in [6.45, 7) is 5.64. The van der Waals surface area contributed by atoms with Crippen LogP contribution in [-0.2, 0) is 20.0 Å². The lowest BCUT2D eigenvalue weighted by molar-refractivity contribution is 0.729. The molecular formula is C17H25ClIN5.